The number of halogens is 1. The summed E-state index contributed by atoms with van der Waals surface area (Å²) in [5.41, 5.74) is 0.397. The van der Waals surface area contributed by atoms with Crippen LogP contribution >= 0.6 is 11.3 Å². The van der Waals surface area contributed by atoms with Crippen molar-refractivity contribution in [1.29, 1.82) is 0 Å². The molecular weight excluding hydrogens is 353 g/mol. The molecule has 0 spiro atoms. The Labute approximate surface area is 158 Å². The van der Waals surface area contributed by atoms with Crippen molar-refractivity contribution in [3.63, 3.8) is 0 Å². The first-order chi connectivity index (χ1) is 12.4. The monoisotopic (exact) mass is 379 g/mol. The molecule has 0 aliphatic rings. The normalized spacial score (nSPS) is 11.4. The number of hydrogen-bond donors (Lipinski definition) is 1. The highest BCUT2D eigenvalue weighted by atomic mass is 32.1. The summed E-state index contributed by atoms with van der Waals surface area (Å²) in [6.07, 6.45) is 0. The summed E-state index contributed by atoms with van der Waals surface area (Å²) in [7, 11) is 0. The number of hydrogen-bond acceptors (Lipinski definition) is 5. The van der Waals surface area contributed by atoms with Gasteiger partial charge in [0.1, 0.15) is 28.9 Å². The minimum atomic E-state index is -0.306. The van der Waals surface area contributed by atoms with E-state index in [2.05, 4.69) is 42.9 Å². The van der Waals surface area contributed by atoms with E-state index in [9.17, 15) is 9.18 Å². The van der Waals surface area contributed by atoms with Crippen molar-refractivity contribution in [2.24, 2.45) is 0 Å². The third-order valence-electron chi connectivity index (χ3n) is 3.94. The van der Waals surface area contributed by atoms with Gasteiger partial charge in [0.2, 0.25) is 0 Å². The van der Waals surface area contributed by atoms with Crippen LogP contribution in [0.2, 0.25) is 0 Å². The van der Waals surface area contributed by atoms with Crippen molar-refractivity contribution in [3.05, 3.63) is 46.2 Å². The van der Waals surface area contributed by atoms with Crippen molar-refractivity contribution in [2.45, 2.75) is 46.4 Å². The Hall–Kier alpha value is -1.99. The molecular formula is C19H26FN3O2S. The Morgan fingerprint density at radius 1 is 1.23 bits per heavy atom. The maximum absolute atomic E-state index is 12.9. The van der Waals surface area contributed by atoms with Crippen molar-refractivity contribution < 1.29 is 13.9 Å². The first-order valence-electron chi connectivity index (χ1n) is 8.73. The second-order valence-corrected chi connectivity index (χ2v) is 7.49. The van der Waals surface area contributed by atoms with Gasteiger partial charge in [-0.2, -0.15) is 0 Å². The largest absolute Gasteiger partial charge is 0.486 e. The van der Waals surface area contributed by atoms with Gasteiger partial charge < -0.3 is 10.1 Å². The molecule has 1 N–H and O–H groups in total. The smallest absolute Gasteiger partial charge is 0.270 e. The number of nitrogens with zero attached hydrogens (tertiary/aromatic N) is 2. The fourth-order valence-corrected chi connectivity index (χ4v) is 3.34. The molecule has 0 unspecified atom stereocenters. The average molecular weight is 380 g/mol. The van der Waals surface area contributed by atoms with Crippen LogP contribution in [0.15, 0.2) is 29.6 Å². The van der Waals surface area contributed by atoms with Crippen molar-refractivity contribution in [3.8, 4) is 5.75 Å². The third-order valence-corrected chi connectivity index (χ3v) is 4.76. The van der Waals surface area contributed by atoms with Crippen molar-refractivity contribution >= 4 is 17.2 Å². The number of benzene rings is 1. The Morgan fingerprint density at radius 2 is 1.88 bits per heavy atom. The van der Waals surface area contributed by atoms with Crippen LogP contribution in [-0.2, 0) is 6.61 Å². The SMILES string of the molecule is CC(C)N(CCNC(=O)c1csc(COc2ccc(F)cc2)n1)C(C)C. The summed E-state index contributed by atoms with van der Waals surface area (Å²) in [6.45, 7) is 10.2. The lowest BCUT2D eigenvalue weighted by Crippen LogP contribution is -2.42. The molecule has 1 amide bonds. The molecule has 1 aromatic carbocycles. The zero-order chi connectivity index (χ0) is 19.1. The minimum Gasteiger partial charge on any atom is -0.486 e. The maximum Gasteiger partial charge on any atom is 0.270 e. The van der Waals surface area contributed by atoms with Crippen LogP contribution < -0.4 is 10.1 Å². The second-order valence-electron chi connectivity index (χ2n) is 6.55. The molecule has 1 heterocycles. The first kappa shape index (κ1) is 20.3. The predicted molar refractivity (Wildman–Crippen MR) is 102 cm³/mol. The van der Waals surface area contributed by atoms with E-state index in [-0.39, 0.29) is 18.3 Å². The summed E-state index contributed by atoms with van der Waals surface area (Å²) in [5, 5.41) is 5.34. The Balaban J connectivity index is 1.80. The highest BCUT2D eigenvalue weighted by Gasteiger charge is 2.15. The van der Waals surface area contributed by atoms with Crippen LogP contribution in [0, 0.1) is 5.82 Å². The van der Waals surface area contributed by atoms with Crippen LogP contribution in [-0.4, -0.2) is 41.0 Å². The molecule has 142 valence electrons. The number of aromatic nitrogens is 1. The molecule has 0 fully saturated rings. The quantitative estimate of drug-likeness (QED) is 0.722. The van der Waals surface area contributed by atoms with E-state index in [1.807, 2.05) is 0 Å². The molecule has 1 aromatic heterocycles. The Morgan fingerprint density at radius 3 is 2.50 bits per heavy atom. The van der Waals surface area contributed by atoms with Gasteiger partial charge in [0.15, 0.2) is 0 Å². The van der Waals surface area contributed by atoms with Gasteiger partial charge in [-0.3, -0.25) is 9.69 Å². The highest BCUT2D eigenvalue weighted by Crippen LogP contribution is 2.16. The number of ether oxygens (including phenoxy) is 1. The lowest BCUT2D eigenvalue weighted by atomic mass is 10.2. The van der Waals surface area contributed by atoms with E-state index in [1.165, 1.54) is 23.5 Å². The molecule has 0 saturated heterocycles. The molecule has 0 atom stereocenters. The summed E-state index contributed by atoms with van der Waals surface area (Å²) in [4.78, 5) is 18.9. The number of rotatable bonds is 9. The van der Waals surface area contributed by atoms with Crippen molar-refractivity contribution in [2.75, 3.05) is 13.1 Å². The molecule has 0 aliphatic carbocycles. The first-order valence-corrected chi connectivity index (χ1v) is 9.61. The fourth-order valence-electron chi connectivity index (χ4n) is 2.66. The second kappa shape index (κ2) is 9.64. The molecule has 7 heteroatoms. The molecule has 5 nitrogen and oxygen atoms in total. The van der Waals surface area contributed by atoms with Gasteiger partial charge in [0.25, 0.3) is 5.91 Å². The summed E-state index contributed by atoms with van der Waals surface area (Å²) >= 11 is 1.37. The lowest BCUT2D eigenvalue weighted by Gasteiger charge is -2.30. The Bertz CT molecular complexity index is 693. The Kier molecular flexibility index (Phi) is 7.53. The molecule has 0 aliphatic heterocycles. The number of carbonyl (C=O) groups excluding carboxylic acids is 1. The van der Waals surface area contributed by atoms with Gasteiger partial charge in [-0.1, -0.05) is 0 Å². The van der Waals surface area contributed by atoms with E-state index in [1.54, 1.807) is 17.5 Å². The molecule has 0 bridgehead atoms. The van der Waals surface area contributed by atoms with E-state index in [0.717, 1.165) is 6.54 Å². The molecule has 0 saturated carbocycles. The van der Waals surface area contributed by atoms with Gasteiger partial charge in [-0.05, 0) is 52.0 Å². The van der Waals surface area contributed by atoms with Gasteiger partial charge in [-0.25, -0.2) is 9.37 Å². The number of carbonyl (C=O) groups is 1. The zero-order valence-electron chi connectivity index (χ0n) is 15.7. The van der Waals surface area contributed by atoms with Crippen molar-refractivity contribution in [1.82, 2.24) is 15.2 Å². The van der Waals surface area contributed by atoms with Gasteiger partial charge >= 0.3 is 0 Å². The van der Waals surface area contributed by atoms with Gasteiger partial charge in [0, 0.05) is 30.6 Å². The zero-order valence-corrected chi connectivity index (χ0v) is 16.5. The minimum absolute atomic E-state index is 0.179. The van der Waals surface area contributed by atoms with Crippen LogP contribution in [0.4, 0.5) is 4.39 Å². The highest BCUT2D eigenvalue weighted by molar-refractivity contribution is 7.09. The molecule has 0 radical (unpaired) electrons. The molecule has 26 heavy (non-hydrogen) atoms. The van der Waals surface area contributed by atoms with Crippen LogP contribution in [0.25, 0.3) is 0 Å². The summed E-state index contributed by atoms with van der Waals surface area (Å²) in [5.74, 6) is 0.0795. The van der Waals surface area contributed by atoms with Gasteiger partial charge in [-0.15, -0.1) is 11.3 Å². The standard InChI is InChI=1S/C19H26FN3O2S/c1-13(2)23(14(3)4)10-9-21-19(24)17-12-26-18(22-17)11-25-16-7-5-15(20)6-8-16/h5-8,12-14H,9-11H2,1-4H3,(H,21,24). The third kappa shape index (κ3) is 6.07. The van der Waals surface area contributed by atoms with E-state index < -0.39 is 0 Å². The fraction of sp³-hybridized carbons (Fsp3) is 0.474. The predicted octanol–water partition coefficient (Wildman–Crippen LogP) is 3.71. The summed E-state index contributed by atoms with van der Waals surface area (Å²) in [6, 6.07) is 6.67. The van der Waals surface area contributed by atoms with Gasteiger partial charge in [0.05, 0.1) is 0 Å². The summed E-state index contributed by atoms with van der Waals surface area (Å²) < 4.78 is 18.4. The van der Waals surface area contributed by atoms with E-state index in [4.69, 9.17) is 4.74 Å². The van der Waals surface area contributed by atoms with Crippen LogP contribution in [0.5, 0.6) is 5.75 Å². The topological polar surface area (TPSA) is 54.5 Å². The van der Waals surface area contributed by atoms with Crippen LogP contribution in [0.1, 0.15) is 43.2 Å². The van der Waals surface area contributed by atoms with E-state index in [0.29, 0.717) is 35.1 Å². The van der Waals surface area contributed by atoms with E-state index >= 15 is 0 Å². The lowest BCUT2D eigenvalue weighted by molar-refractivity contribution is 0.0935. The number of thiazole rings is 1. The molecule has 2 aromatic rings. The maximum atomic E-state index is 12.9. The van der Waals surface area contributed by atoms with Crippen LogP contribution in [0.3, 0.4) is 0 Å². The number of nitrogens with one attached hydrogen (secondary N) is 1. The average Bonchev–Trinajstić information content (AvgIpc) is 3.06. The number of amides is 1. The molecule has 2 rings (SSSR count).